The minimum atomic E-state index is -4.15. The van der Waals surface area contributed by atoms with E-state index in [1.54, 1.807) is 25.1 Å². The fraction of sp³-hybridized carbons (Fsp3) is 0.188. The predicted molar refractivity (Wildman–Crippen MR) is 89.6 cm³/mol. The average Bonchev–Trinajstić information content (AvgIpc) is 2.54. The number of hydrogen-bond acceptors (Lipinski definition) is 5. The van der Waals surface area contributed by atoms with Crippen molar-refractivity contribution in [3.8, 4) is 11.5 Å². The molecule has 0 saturated carbocycles. The third-order valence-electron chi connectivity index (χ3n) is 3.10. The Morgan fingerprint density at radius 3 is 2.48 bits per heavy atom. The van der Waals surface area contributed by atoms with Gasteiger partial charge in [0.15, 0.2) is 11.5 Å². The van der Waals surface area contributed by atoms with E-state index in [1.165, 1.54) is 31.4 Å². The van der Waals surface area contributed by atoms with Gasteiger partial charge < -0.3 is 8.92 Å². The maximum Gasteiger partial charge on any atom is 0.342 e. The Hall–Kier alpha value is -1.86. The van der Waals surface area contributed by atoms with Gasteiger partial charge in [0.1, 0.15) is 10.6 Å². The summed E-state index contributed by atoms with van der Waals surface area (Å²) in [6.45, 7) is 1.70. The Morgan fingerprint density at radius 1 is 1.13 bits per heavy atom. The molecule has 0 aliphatic rings. The second-order valence-corrected chi connectivity index (χ2v) is 7.04. The van der Waals surface area contributed by atoms with Crippen molar-refractivity contribution in [1.29, 1.82) is 0 Å². The van der Waals surface area contributed by atoms with Crippen LogP contribution in [0.15, 0.2) is 51.8 Å². The standard InChI is InChI=1S/C16H15BrO5S/c1-3-13(18)12-6-4-5-7-14(12)22-23(19,20)16-10-11(17)8-9-15(16)21-2/h4-10H,3H2,1-2H3. The van der Waals surface area contributed by atoms with Crippen molar-refractivity contribution in [1.82, 2.24) is 0 Å². The summed E-state index contributed by atoms with van der Waals surface area (Å²) in [5.74, 6) is -0.0362. The molecule has 0 amide bonds. The molecule has 0 unspecified atom stereocenters. The number of ketones is 1. The van der Waals surface area contributed by atoms with Crippen molar-refractivity contribution in [3.05, 3.63) is 52.5 Å². The average molecular weight is 399 g/mol. The Morgan fingerprint density at radius 2 is 1.83 bits per heavy atom. The van der Waals surface area contributed by atoms with Gasteiger partial charge in [0.2, 0.25) is 0 Å². The maximum absolute atomic E-state index is 12.6. The van der Waals surface area contributed by atoms with E-state index in [2.05, 4.69) is 15.9 Å². The molecule has 0 fully saturated rings. The van der Waals surface area contributed by atoms with Gasteiger partial charge in [-0.15, -0.1) is 0 Å². The van der Waals surface area contributed by atoms with Gasteiger partial charge >= 0.3 is 10.1 Å². The second-order valence-electron chi connectivity index (χ2n) is 4.61. The maximum atomic E-state index is 12.6. The van der Waals surface area contributed by atoms with Crippen LogP contribution in [0.4, 0.5) is 0 Å². The number of carbonyl (C=O) groups excluding carboxylic acids is 1. The highest BCUT2D eigenvalue weighted by Gasteiger charge is 2.24. The summed E-state index contributed by atoms with van der Waals surface area (Å²) in [6, 6.07) is 10.8. The van der Waals surface area contributed by atoms with E-state index in [-0.39, 0.29) is 34.2 Å². The minimum absolute atomic E-state index is 0.00128. The van der Waals surface area contributed by atoms with E-state index in [9.17, 15) is 13.2 Å². The van der Waals surface area contributed by atoms with Crippen molar-refractivity contribution in [3.63, 3.8) is 0 Å². The molecule has 2 aromatic rings. The second kappa shape index (κ2) is 7.14. The largest absolute Gasteiger partial charge is 0.495 e. The molecule has 0 saturated heterocycles. The highest BCUT2D eigenvalue weighted by Crippen LogP contribution is 2.31. The molecule has 0 heterocycles. The fourth-order valence-electron chi connectivity index (χ4n) is 1.97. The molecule has 0 aliphatic carbocycles. The normalized spacial score (nSPS) is 11.1. The van der Waals surface area contributed by atoms with Crippen LogP contribution in [0.3, 0.4) is 0 Å². The summed E-state index contributed by atoms with van der Waals surface area (Å²) in [5.41, 5.74) is 0.229. The van der Waals surface area contributed by atoms with Crippen LogP contribution < -0.4 is 8.92 Å². The van der Waals surface area contributed by atoms with E-state index in [0.29, 0.717) is 4.47 Å². The van der Waals surface area contributed by atoms with Gasteiger partial charge in [-0.25, -0.2) is 0 Å². The van der Waals surface area contributed by atoms with Gasteiger partial charge in [-0.1, -0.05) is 35.0 Å². The van der Waals surface area contributed by atoms with Crippen molar-refractivity contribution in [2.24, 2.45) is 0 Å². The van der Waals surface area contributed by atoms with Gasteiger partial charge in [0, 0.05) is 10.9 Å². The zero-order valence-electron chi connectivity index (χ0n) is 12.6. The molecule has 0 aliphatic heterocycles. The number of Topliss-reactive ketones (excluding diaryl/α,β-unsaturated/α-hetero) is 1. The molecule has 7 heteroatoms. The number of halogens is 1. The Balaban J connectivity index is 2.48. The monoisotopic (exact) mass is 398 g/mol. The van der Waals surface area contributed by atoms with Crippen molar-refractivity contribution < 1.29 is 22.1 Å². The number of methoxy groups -OCH3 is 1. The van der Waals surface area contributed by atoms with Crippen LogP contribution in [-0.4, -0.2) is 21.3 Å². The van der Waals surface area contributed by atoms with Crippen LogP contribution in [0.1, 0.15) is 23.7 Å². The lowest BCUT2D eigenvalue weighted by atomic mass is 10.1. The SMILES string of the molecule is CCC(=O)c1ccccc1OS(=O)(=O)c1cc(Br)ccc1OC. The molecular weight excluding hydrogens is 384 g/mol. The summed E-state index contributed by atoms with van der Waals surface area (Å²) < 4.78 is 36.0. The fourth-order valence-corrected chi connectivity index (χ4v) is 3.62. The molecule has 0 atom stereocenters. The number of para-hydroxylation sites is 1. The molecule has 23 heavy (non-hydrogen) atoms. The van der Waals surface area contributed by atoms with Crippen LogP contribution in [0.2, 0.25) is 0 Å². The first-order chi connectivity index (χ1) is 10.9. The summed E-state index contributed by atoms with van der Waals surface area (Å²) in [7, 11) is -2.78. The number of ether oxygens (including phenoxy) is 1. The van der Waals surface area contributed by atoms with E-state index < -0.39 is 10.1 Å². The zero-order chi connectivity index (χ0) is 17.0. The van der Waals surface area contributed by atoms with Gasteiger partial charge in [-0.2, -0.15) is 8.42 Å². The lowest BCUT2D eigenvalue weighted by molar-refractivity contribution is 0.0986. The lowest BCUT2D eigenvalue weighted by Gasteiger charge is -2.13. The first kappa shape index (κ1) is 17.5. The lowest BCUT2D eigenvalue weighted by Crippen LogP contribution is -2.13. The third kappa shape index (κ3) is 3.92. The Bertz CT molecular complexity index is 830. The number of benzene rings is 2. The molecule has 5 nitrogen and oxygen atoms in total. The van der Waals surface area contributed by atoms with E-state index in [0.717, 1.165) is 0 Å². The van der Waals surface area contributed by atoms with E-state index in [4.69, 9.17) is 8.92 Å². The Labute approximate surface area is 143 Å². The highest BCUT2D eigenvalue weighted by atomic mass is 79.9. The smallest absolute Gasteiger partial charge is 0.342 e. The summed E-state index contributed by atoms with van der Waals surface area (Å²) in [5, 5.41) is 0. The van der Waals surface area contributed by atoms with E-state index >= 15 is 0 Å². The molecular formula is C16H15BrO5S. The molecule has 122 valence electrons. The molecule has 0 aromatic heterocycles. The van der Waals surface area contributed by atoms with Crippen LogP contribution in [0.5, 0.6) is 11.5 Å². The van der Waals surface area contributed by atoms with Gasteiger partial charge in [0.05, 0.1) is 12.7 Å². The summed E-state index contributed by atoms with van der Waals surface area (Å²) in [4.78, 5) is 11.8. The van der Waals surface area contributed by atoms with Crippen LogP contribution in [0.25, 0.3) is 0 Å². The molecule has 0 radical (unpaired) electrons. The zero-order valence-corrected chi connectivity index (χ0v) is 15.0. The molecule has 0 bridgehead atoms. The predicted octanol–water partition coefficient (Wildman–Crippen LogP) is 3.82. The first-order valence-electron chi connectivity index (χ1n) is 6.79. The van der Waals surface area contributed by atoms with Gasteiger partial charge in [0.25, 0.3) is 0 Å². The van der Waals surface area contributed by atoms with Crippen molar-refractivity contribution in [2.75, 3.05) is 7.11 Å². The molecule has 2 aromatic carbocycles. The van der Waals surface area contributed by atoms with Crippen molar-refractivity contribution >= 4 is 31.8 Å². The summed E-state index contributed by atoms with van der Waals surface area (Å²) >= 11 is 3.22. The topological polar surface area (TPSA) is 69.7 Å². The van der Waals surface area contributed by atoms with Gasteiger partial charge in [-0.05, 0) is 30.3 Å². The number of carbonyl (C=O) groups is 1. The van der Waals surface area contributed by atoms with Crippen LogP contribution in [0, 0.1) is 0 Å². The molecule has 2 rings (SSSR count). The number of rotatable bonds is 6. The quantitative estimate of drug-likeness (QED) is 0.546. The first-order valence-corrected chi connectivity index (χ1v) is 8.99. The Kier molecular flexibility index (Phi) is 5.43. The number of hydrogen-bond donors (Lipinski definition) is 0. The van der Waals surface area contributed by atoms with Crippen LogP contribution in [-0.2, 0) is 10.1 Å². The minimum Gasteiger partial charge on any atom is -0.495 e. The third-order valence-corrected chi connectivity index (χ3v) is 4.85. The van der Waals surface area contributed by atoms with Crippen molar-refractivity contribution in [2.45, 2.75) is 18.2 Å². The van der Waals surface area contributed by atoms with Crippen LogP contribution >= 0.6 is 15.9 Å². The highest BCUT2D eigenvalue weighted by molar-refractivity contribution is 9.10. The summed E-state index contributed by atoms with van der Waals surface area (Å²) in [6.07, 6.45) is 0.251. The molecule has 0 spiro atoms. The van der Waals surface area contributed by atoms with Gasteiger partial charge in [-0.3, -0.25) is 4.79 Å². The van der Waals surface area contributed by atoms with E-state index in [1.807, 2.05) is 0 Å². The molecule has 0 N–H and O–H groups in total.